The van der Waals surface area contributed by atoms with Gasteiger partial charge in [-0.15, -0.1) is 0 Å². The molecule has 0 spiro atoms. The van der Waals surface area contributed by atoms with Crippen molar-refractivity contribution in [2.45, 2.75) is 44.6 Å². The zero-order valence-corrected chi connectivity index (χ0v) is 68.2. The van der Waals surface area contributed by atoms with Gasteiger partial charge >= 0.3 is 0 Å². The third kappa shape index (κ3) is 23.1. The van der Waals surface area contributed by atoms with Crippen molar-refractivity contribution in [2.24, 2.45) is 5.73 Å². The summed E-state index contributed by atoms with van der Waals surface area (Å²) in [7, 11) is 23.1. The molecule has 1 atom stereocenters. The molecule has 7 heterocycles. The molecule has 15 N–H and O–H groups in total. The molecule has 0 saturated carbocycles. The number of furan rings is 1. The van der Waals surface area contributed by atoms with E-state index in [9.17, 15) is 14.4 Å². The lowest BCUT2D eigenvalue weighted by atomic mass is 10.2. The number of benzene rings is 5. The van der Waals surface area contributed by atoms with Crippen molar-refractivity contribution in [3.63, 3.8) is 0 Å². The van der Waals surface area contributed by atoms with Crippen LogP contribution in [-0.4, -0.2) is 237 Å². The number of likely N-dealkylation sites (N-methyl/N-ethyl adjacent to an activating group) is 1. The van der Waals surface area contributed by atoms with Crippen molar-refractivity contribution in [3.8, 4) is 57.5 Å². The number of halogens is 1. The van der Waals surface area contributed by atoms with E-state index < -0.39 is 0 Å². The second kappa shape index (κ2) is 43.2. The highest BCUT2D eigenvalue weighted by atomic mass is 35.5. The number of nitrogens with two attached hydrogens (primary N) is 6. The van der Waals surface area contributed by atoms with Gasteiger partial charge in [-0.05, 0) is 99.1 Å². The van der Waals surface area contributed by atoms with Crippen LogP contribution < -0.4 is 112 Å². The highest BCUT2D eigenvalue weighted by Crippen LogP contribution is 2.39. The van der Waals surface area contributed by atoms with Crippen LogP contribution in [0.15, 0.2) is 83.5 Å². The van der Waals surface area contributed by atoms with Crippen LogP contribution in [0.25, 0.3) is 54.5 Å². The highest BCUT2D eigenvalue weighted by molar-refractivity contribution is 6.28. The molecule has 11 aromatic rings. The number of anilines is 9. The van der Waals surface area contributed by atoms with Crippen LogP contribution >= 0.6 is 11.6 Å². The number of methoxy groups -OCH3 is 10. The number of aromatic nitrogens is 10. The largest absolute Gasteiger partial charge is 0.493 e. The smallest absolute Gasteiger partial charge is 0.286 e. The maximum atomic E-state index is 12.2. The van der Waals surface area contributed by atoms with Crippen LogP contribution in [-0.2, 0) is 14.3 Å². The molecule has 1 aliphatic rings. The topological polar surface area (TPSA) is 500 Å². The predicted molar refractivity (Wildman–Crippen MR) is 448 cm³/mol. The van der Waals surface area contributed by atoms with E-state index in [2.05, 4.69) is 65.8 Å². The minimum atomic E-state index is -0.284. The fraction of sp³-hybridized carbons (Fsp3) is 0.390. The molecule has 1 aliphatic heterocycles. The summed E-state index contributed by atoms with van der Waals surface area (Å²) in [5.74, 6) is 9.77. The summed E-state index contributed by atoms with van der Waals surface area (Å²) in [4.78, 5) is 85.1. The Kier molecular flexibility index (Phi) is 33.0. The second-order valence-corrected chi connectivity index (χ2v) is 26.0. The van der Waals surface area contributed by atoms with E-state index in [1.54, 1.807) is 156 Å². The van der Waals surface area contributed by atoms with Crippen LogP contribution in [0.5, 0.6) is 57.5 Å². The summed E-state index contributed by atoms with van der Waals surface area (Å²) < 4.78 is 63.2. The van der Waals surface area contributed by atoms with Crippen molar-refractivity contribution in [1.29, 1.82) is 0 Å². The lowest BCUT2D eigenvalue weighted by molar-refractivity contribution is -0.139. The number of nitrogen functional groups attached to an aromatic ring is 5. The van der Waals surface area contributed by atoms with E-state index in [4.69, 9.17) is 103 Å². The first kappa shape index (κ1) is 88.5. The molecule has 0 bridgehead atoms. The number of carbonyl (C=O) groups is 3. The van der Waals surface area contributed by atoms with Gasteiger partial charge in [0.25, 0.3) is 11.8 Å². The Labute approximate surface area is 675 Å². The van der Waals surface area contributed by atoms with Crippen molar-refractivity contribution in [2.75, 3.05) is 207 Å². The number of nitrogens with zero attached hydrogens (tertiary/aromatic N) is 14. The van der Waals surface area contributed by atoms with Gasteiger partial charge in [-0.2, -0.15) is 19.9 Å². The molecular formula is C77H102ClN23O15. The van der Waals surface area contributed by atoms with Crippen LogP contribution in [0.1, 0.15) is 49.1 Å². The summed E-state index contributed by atoms with van der Waals surface area (Å²) in [5.41, 5.74) is 38.9. The molecule has 39 heteroatoms. The van der Waals surface area contributed by atoms with E-state index in [1.807, 2.05) is 35.8 Å². The van der Waals surface area contributed by atoms with Crippen molar-refractivity contribution in [1.82, 2.24) is 65.4 Å². The van der Waals surface area contributed by atoms with Crippen molar-refractivity contribution >= 4 is 137 Å². The molecule has 1 fully saturated rings. The Morgan fingerprint density at radius 2 is 0.836 bits per heavy atom. The van der Waals surface area contributed by atoms with E-state index in [0.717, 1.165) is 49.6 Å². The third-order valence-corrected chi connectivity index (χ3v) is 18.1. The Morgan fingerprint density at radius 1 is 0.474 bits per heavy atom. The van der Waals surface area contributed by atoms with E-state index >= 15 is 0 Å². The van der Waals surface area contributed by atoms with Crippen molar-refractivity contribution in [3.05, 3.63) is 90.1 Å². The summed E-state index contributed by atoms with van der Waals surface area (Å²) in [6, 6.07) is 20.9. The minimum Gasteiger partial charge on any atom is -0.493 e. The monoisotopic (exact) mass is 1620 g/mol. The number of rotatable bonds is 32. The quantitative estimate of drug-likeness (QED) is 0.0112. The lowest BCUT2D eigenvalue weighted by Gasteiger charge is -2.20. The second-order valence-electron chi connectivity index (χ2n) is 25.6. The summed E-state index contributed by atoms with van der Waals surface area (Å²) in [5, 5.41) is 12.2. The molecular weight excluding hydrogens is 1520 g/mol. The van der Waals surface area contributed by atoms with Crippen LogP contribution in [0.4, 0.5) is 52.9 Å². The number of hydrogen-bond donors (Lipinski definition) is 9. The molecule has 6 aromatic heterocycles. The zero-order valence-electron chi connectivity index (χ0n) is 67.5. The normalized spacial score (nSPS) is 11.9. The Bertz CT molecular complexity index is 5110. The molecule has 0 radical (unpaired) electrons. The maximum absolute atomic E-state index is 12.2. The molecule has 116 heavy (non-hydrogen) atoms. The third-order valence-electron chi connectivity index (χ3n) is 17.9. The molecule has 0 aliphatic carbocycles. The highest BCUT2D eigenvalue weighted by Gasteiger charge is 2.27. The molecule has 12 rings (SSSR count). The molecule has 38 nitrogen and oxygen atoms in total. The van der Waals surface area contributed by atoms with Gasteiger partial charge in [0, 0.05) is 138 Å². The van der Waals surface area contributed by atoms with Gasteiger partial charge in [-0.1, -0.05) is 0 Å². The molecule has 622 valence electrons. The first-order valence-corrected chi connectivity index (χ1v) is 36.8. The maximum Gasteiger partial charge on any atom is 0.286 e. The number of nitrogens with one attached hydrogen (secondary N) is 3. The van der Waals surface area contributed by atoms with Gasteiger partial charge in [0.05, 0.1) is 105 Å². The molecule has 3 amide bonds. The molecule has 5 aromatic carbocycles. The average Bonchev–Trinajstić information content (AvgIpc) is 1.03. The first-order chi connectivity index (χ1) is 55.9. The van der Waals surface area contributed by atoms with E-state index in [0.29, 0.717) is 225 Å². The van der Waals surface area contributed by atoms with Crippen LogP contribution in [0.2, 0.25) is 5.28 Å². The van der Waals surface area contributed by atoms with Gasteiger partial charge < -0.3 is 126 Å². The Balaban J connectivity index is 0.000000183. The van der Waals surface area contributed by atoms with E-state index in [1.165, 1.54) is 6.26 Å². The number of carbonyl (C=O) groups excluding carboxylic acids is 3. The first-order valence-electron chi connectivity index (χ1n) is 36.5. The number of ether oxygens (including phenoxy) is 11. The molecule has 1 unspecified atom stereocenters. The van der Waals surface area contributed by atoms with Crippen LogP contribution in [0, 0.1) is 0 Å². The SMILES string of the molecule is COc1cc2nc(Cl)nc(N)c2cc1OC.COc1cc2nc(N(C)CCCN)nc(N)c2cc1OC.COc1cc2nc(N(C)CCCNC(=O)c3ccco3)nc(N)c2cc1OC.COc1cc2nc(N(C)CCCNC=O)nc(N)c2cc1OC.COc1cc2nc(NCCCN(C)C(=O)C3CCCO3)nc(N)c2cc1OC. The van der Waals surface area contributed by atoms with Gasteiger partial charge in [0.2, 0.25) is 35.5 Å². The van der Waals surface area contributed by atoms with Gasteiger partial charge in [-0.25, -0.2) is 29.9 Å². The zero-order chi connectivity index (χ0) is 84.1. The van der Waals surface area contributed by atoms with Gasteiger partial charge in [0.1, 0.15) is 35.2 Å². The van der Waals surface area contributed by atoms with Gasteiger partial charge in [-0.3, -0.25) is 14.4 Å². The minimum absolute atomic E-state index is 0.0461. The summed E-state index contributed by atoms with van der Waals surface area (Å²) in [6.45, 7) is 5.73. The summed E-state index contributed by atoms with van der Waals surface area (Å²) in [6.07, 6.45) is 6.72. The lowest BCUT2D eigenvalue weighted by Crippen LogP contribution is -2.37. The average molecular weight is 1630 g/mol. The fourth-order valence-corrected chi connectivity index (χ4v) is 11.9. The Hall–Kier alpha value is -13.1. The van der Waals surface area contributed by atoms with Crippen molar-refractivity contribution < 1.29 is 70.9 Å². The van der Waals surface area contributed by atoms with Gasteiger partial charge in [0.15, 0.2) is 63.3 Å². The Morgan fingerprint density at radius 3 is 1.21 bits per heavy atom. The number of hydrogen-bond acceptors (Lipinski definition) is 35. The predicted octanol–water partition coefficient (Wildman–Crippen LogP) is 7.45. The fourth-order valence-electron chi connectivity index (χ4n) is 11.7. The number of fused-ring (bicyclic) bond motifs is 5. The summed E-state index contributed by atoms with van der Waals surface area (Å²) >= 11 is 5.72. The molecule has 1 saturated heterocycles. The van der Waals surface area contributed by atoms with E-state index in [-0.39, 0.29) is 23.2 Å². The standard InChI is InChI=1S/C19H27N5O4.C19H23N5O4.C15H21N5O3.C14H21N5O2.C10H10ClN3O2/c1-24(18(25)14-6-4-9-28-14)8-5-7-21-19-22-13-11-16(27-3)15(26-2)10-12(13)17(20)23-19;1-24(8-5-7-21-18(25)14-6-4-9-28-14)19-22-13-11-16(27-3)15(26-2)10-12(13)17(20)23-19;1-20(6-4-5-17-9-21)15-18-11-8-13(23-3)12(22-2)7-10(11)14(16)19-15;1-19(6-4-5-15)14-17-10-8-12(21-3)11(20-2)7-9(10)13(16)18-14;1-15-7-3-5-6(4-8(7)16-2)13-10(11)14-9(5)12/h10-11,14H,4-9H2,1-3H3,(H3,20,21,22,23);4,6,9-11H,5,7-8H2,1-3H3,(H,21,25)(H2,20,22,23);7-9H,4-6H2,1-3H3,(H,17,21)(H2,16,18,19);7-8H,4-6,15H2,1-3H3,(H2,16,17,18);3-4H,1-2H3,(H2,12,13,14). The van der Waals surface area contributed by atoms with Crippen LogP contribution in [0.3, 0.4) is 0 Å². The number of amides is 3.